The van der Waals surface area contributed by atoms with Crippen molar-refractivity contribution in [2.24, 2.45) is 5.73 Å². The summed E-state index contributed by atoms with van der Waals surface area (Å²) in [6.45, 7) is 0.112. The summed E-state index contributed by atoms with van der Waals surface area (Å²) < 4.78 is 32.4. The molecule has 9 heteroatoms. The van der Waals surface area contributed by atoms with Gasteiger partial charge in [0.1, 0.15) is 11.5 Å². The van der Waals surface area contributed by atoms with Crippen LogP contribution in [-0.2, 0) is 14.8 Å². The Morgan fingerprint density at radius 1 is 1.07 bits per heavy atom. The Bertz CT molecular complexity index is 918. The maximum absolute atomic E-state index is 13.0. The van der Waals surface area contributed by atoms with Gasteiger partial charge in [-0.3, -0.25) is 4.79 Å². The van der Waals surface area contributed by atoms with E-state index in [9.17, 15) is 18.3 Å². The van der Waals surface area contributed by atoms with Crippen LogP contribution >= 0.6 is 0 Å². The van der Waals surface area contributed by atoms with Gasteiger partial charge in [-0.15, -0.1) is 0 Å². The standard InChI is InChI=1S/C18H21N3O5S/c1-20-11-12-21(18(23,13-20)17(19)22)27(24,25)16-9-7-15(8-10-16)26-14-5-3-2-4-6-14/h2-10,23H,11-13H2,1H3,(H2,19,22). The van der Waals surface area contributed by atoms with E-state index in [1.165, 1.54) is 24.3 Å². The summed E-state index contributed by atoms with van der Waals surface area (Å²) in [4.78, 5) is 13.4. The third kappa shape index (κ3) is 3.81. The molecule has 1 atom stereocenters. The van der Waals surface area contributed by atoms with Crippen LogP contribution in [-0.4, -0.2) is 61.0 Å². The van der Waals surface area contributed by atoms with Crippen LogP contribution in [0.15, 0.2) is 59.5 Å². The van der Waals surface area contributed by atoms with Gasteiger partial charge in [0.2, 0.25) is 15.7 Å². The van der Waals surface area contributed by atoms with E-state index in [1.807, 2.05) is 18.2 Å². The Balaban J connectivity index is 1.87. The molecule has 2 aromatic carbocycles. The predicted octanol–water partition coefficient (Wildman–Crippen LogP) is 0.589. The van der Waals surface area contributed by atoms with Crippen LogP contribution in [0.4, 0.5) is 0 Å². The summed E-state index contributed by atoms with van der Waals surface area (Å²) in [5.41, 5.74) is 3.00. The first-order chi connectivity index (χ1) is 12.7. The number of para-hydroxylation sites is 1. The van der Waals surface area contributed by atoms with E-state index in [0.717, 1.165) is 4.31 Å². The van der Waals surface area contributed by atoms with Gasteiger partial charge in [-0.25, -0.2) is 8.42 Å². The second-order valence-corrected chi connectivity index (χ2v) is 8.24. The highest BCUT2D eigenvalue weighted by Crippen LogP contribution is 2.29. The van der Waals surface area contributed by atoms with Crippen LogP contribution in [0.5, 0.6) is 11.5 Å². The Kier molecular flexibility index (Phi) is 5.20. The number of sulfonamides is 1. The average molecular weight is 391 g/mol. The fraction of sp³-hybridized carbons (Fsp3) is 0.278. The largest absolute Gasteiger partial charge is 0.457 e. The van der Waals surface area contributed by atoms with E-state index < -0.39 is 21.7 Å². The molecule has 1 unspecified atom stereocenters. The molecule has 1 amide bonds. The first-order valence-electron chi connectivity index (χ1n) is 8.30. The van der Waals surface area contributed by atoms with E-state index in [4.69, 9.17) is 10.5 Å². The van der Waals surface area contributed by atoms with Crippen molar-refractivity contribution in [1.82, 2.24) is 9.21 Å². The minimum atomic E-state index is -4.13. The van der Waals surface area contributed by atoms with E-state index >= 15 is 0 Å². The third-order valence-corrected chi connectivity index (χ3v) is 6.31. The van der Waals surface area contributed by atoms with E-state index in [1.54, 1.807) is 24.1 Å². The molecule has 0 bridgehead atoms. The van der Waals surface area contributed by atoms with Gasteiger partial charge < -0.3 is 20.5 Å². The van der Waals surface area contributed by atoms with Crippen molar-refractivity contribution in [1.29, 1.82) is 0 Å². The maximum Gasteiger partial charge on any atom is 0.267 e. The van der Waals surface area contributed by atoms with Gasteiger partial charge in [-0.2, -0.15) is 4.31 Å². The summed E-state index contributed by atoms with van der Waals surface area (Å²) in [6, 6.07) is 14.8. The number of benzene rings is 2. The zero-order valence-corrected chi connectivity index (χ0v) is 15.6. The number of ether oxygens (including phenoxy) is 1. The number of carbonyl (C=O) groups is 1. The van der Waals surface area contributed by atoms with Crippen LogP contribution in [0.3, 0.4) is 0 Å². The van der Waals surface area contributed by atoms with E-state index in [-0.39, 0.29) is 18.0 Å². The van der Waals surface area contributed by atoms with Crippen molar-refractivity contribution in [3.05, 3.63) is 54.6 Å². The van der Waals surface area contributed by atoms with Crippen molar-refractivity contribution < 1.29 is 23.1 Å². The molecular weight excluding hydrogens is 370 g/mol. The Hall–Kier alpha value is -2.46. The number of amides is 1. The number of hydrogen-bond acceptors (Lipinski definition) is 6. The fourth-order valence-corrected chi connectivity index (χ4v) is 4.53. The summed E-state index contributed by atoms with van der Waals surface area (Å²) >= 11 is 0. The molecule has 0 aliphatic carbocycles. The number of rotatable bonds is 5. The smallest absolute Gasteiger partial charge is 0.267 e. The molecule has 1 saturated heterocycles. The summed E-state index contributed by atoms with van der Waals surface area (Å²) in [5, 5.41) is 10.6. The van der Waals surface area contributed by atoms with Gasteiger partial charge >= 0.3 is 0 Å². The van der Waals surface area contributed by atoms with Gasteiger partial charge in [0.25, 0.3) is 5.91 Å². The molecule has 3 rings (SSSR count). The van der Waals surface area contributed by atoms with Crippen molar-refractivity contribution >= 4 is 15.9 Å². The van der Waals surface area contributed by atoms with Gasteiger partial charge in [0.05, 0.1) is 11.4 Å². The van der Waals surface area contributed by atoms with Crippen LogP contribution in [0.25, 0.3) is 0 Å². The molecule has 1 fully saturated rings. The highest BCUT2D eigenvalue weighted by Gasteiger charge is 2.50. The first kappa shape index (κ1) is 19.3. The monoisotopic (exact) mass is 391 g/mol. The van der Waals surface area contributed by atoms with Gasteiger partial charge in [-0.1, -0.05) is 18.2 Å². The molecule has 0 aromatic heterocycles. The van der Waals surface area contributed by atoms with Crippen LogP contribution in [0.1, 0.15) is 0 Å². The van der Waals surface area contributed by atoms with Crippen molar-refractivity contribution in [2.45, 2.75) is 10.6 Å². The second kappa shape index (κ2) is 7.28. The average Bonchev–Trinajstić information content (AvgIpc) is 2.62. The quantitative estimate of drug-likeness (QED) is 0.771. The molecule has 3 N–H and O–H groups in total. The highest BCUT2D eigenvalue weighted by atomic mass is 32.2. The lowest BCUT2D eigenvalue weighted by atomic mass is 10.1. The Morgan fingerprint density at radius 2 is 1.67 bits per heavy atom. The number of primary amides is 1. The zero-order chi connectivity index (χ0) is 19.7. The van der Waals surface area contributed by atoms with Crippen molar-refractivity contribution in [3.8, 4) is 11.5 Å². The number of hydrogen-bond donors (Lipinski definition) is 2. The summed E-state index contributed by atoms with van der Waals surface area (Å²) in [6.07, 6.45) is 0. The van der Waals surface area contributed by atoms with Crippen LogP contribution < -0.4 is 10.5 Å². The highest BCUT2D eigenvalue weighted by molar-refractivity contribution is 7.89. The van der Waals surface area contributed by atoms with Crippen LogP contribution in [0, 0.1) is 0 Å². The lowest BCUT2D eigenvalue weighted by molar-refractivity contribution is -0.158. The van der Waals surface area contributed by atoms with Crippen molar-refractivity contribution in [2.75, 3.05) is 26.7 Å². The maximum atomic E-state index is 13.0. The number of aliphatic hydroxyl groups is 1. The molecule has 1 aliphatic heterocycles. The van der Waals surface area contributed by atoms with E-state index in [2.05, 4.69) is 0 Å². The van der Waals surface area contributed by atoms with Crippen molar-refractivity contribution in [3.63, 3.8) is 0 Å². The minimum absolute atomic E-state index is 0.0550. The number of β-amino-alcohol motifs (C(OH)–C–C–N with tert-alkyl or cyclic N) is 1. The molecule has 27 heavy (non-hydrogen) atoms. The molecular formula is C18H21N3O5S. The van der Waals surface area contributed by atoms with Gasteiger partial charge in [0, 0.05) is 13.1 Å². The van der Waals surface area contributed by atoms with Crippen LogP contribution in [0.2, 0.25) is 0 Å². The Labute approximate surface area is 157 Å². The normalized spacial score (nSPS) is 21.7. The van der Waals surface area contributed by atoms with Gasteiger partial charge in [0.15, 0.2) is 0 Å². The minimum Gasteiger partial charge on any atom is -0.457 e. The molecule has 2 aromatic rings. The topological polar surface area (TPSA) is 113 Å². The lowest BCUT2D eigenvalue weighted by Crippen LogP contribution is -2.68. The molecule has 144 valence electrons. The number of likely N-dealkylation sites (N-methyl/N-ethyl adjacent to an activating group) is 1. The molecule has 1 heterocycles. The SMILES string of the molecule is CN1CCN(S(=O)(=O)c2ccc(Oc3ccccc3)cc2)C(O)(C(N)=O)C1. The van der Waals surface area contributed by atoms with E-state index in [0.29, 0.717) is 18.0 Å². The van der Waals surface area contributed by atoms with Gasteiger partial charge in [-0.05, 0) is 43.4 Å². The summed E-state index contributed by atoms with van der Waals surface area (Å²) in [5.74, 6) is -0.0272. The lowest BCUT2D eigenvalue weighted by Gasteiger charge is -2.43. The first-order valence-corrected chi connectivity index (χ1v) is 9.74. The molecule has 0 saturated carbocycles. The predicted molar refractivity (Wildman–Crippen MR) is 98.5 cm³/mol. The zero-order valence-electron chi connectivity index (χ0n) is 14.8. The number of piperazine rings is 1. The fourth-order valence-electron chi connectivity index (χ4n) is 2.93. The molecule has 1 aliphatic rings. The number of nitrogens with two attached hydrogens (primary N) is 1. The number of nitrogens with zero attached hydrogens (tertiary/aromatic N) is 2. The number of carbonyl (C=O) groups excluding carboxylic acids is 1. The summed E-state index contributed by atoms with van der Waals surface area (Å²) in [7, 11) is -2.45. The third-order valence-electron chi connectivity index (χ3n) is 4.37. The molecule has 0 spiro atoms. The Morgan fingerprint density at radius 3 is 2.26 bits per heavy atom. The second-order valence-electron chi connectivity index (χ2n) is 6.38. The molecule has 0 radical (unpaired) electrons. The molecule has 8 nitrogen and oxygen atoms in total.